The summed E-state index contributed by atoms with van der Waals surface area (Å²) in [5, 5.41) is 16.4. The molecule has 0 spiro atoms. The molecule has 32 heavy (non-hydrogen) atoms. The van der Waals surface area contributed by atoms with E-state index in [-0.39, 0.29) is 36.1 Å². The SMILES string of the molecule is CCC1C(=O)C1C(O)[C@H](CC(C)C)NC(=O)[C@H](CC(C)C)NC(=O)OCc1ccccc1. The molecule has 1 aliphatic rings. The highest BCUT2D eigenvalue weighted by Crippen LogP contribution is 2.40. The predicted molar refractivity (Wildman–Crippen MR) is 123 cm³/mol. The fourth-order valence-electron chi connectivity index (χ4n) is 4.11. The minimum atomic E-state index is -0.927. The molecule has 0 aromatic heterocycles. The van der Waals surface area contributed by atoms with Crippen LogP contribution in [0.2, 0.25) is 0 Å². The third-order valence-corrected chi connectivity index (χ3v) is 5.82. The average molecular weight is 447 g/mol. The lowest BCUT2D eigenvalue weighted by Gasteiger charge is -2.28. The fourth-order valence-corrected chi connectivity index (χ4v) is 4.11. The molecule has 0 heterocycles. The van der Waals surface area contributed by atoms with Crippen molar-refractivity contribution in [2.75, 3.05) is 0 Å². The van der Waals surface area contributed by atoms with Gasteiger partial charge in [-0.25, -0.2) is 4.79 Å². The molecule has 0 bridgehead atoms. The molecule has 3 unspecified atom stereocenters. The van der Waals surface area contributed by atoms with Crippen molar-refractivity contribution in [3.63, 3.8) is 0 Å². The number of aliphatic hydroxyl groups is 1. The van der Waals surface area contributed by atoms with E-state index in [0.717, 1.165) is 5.56 Å². The standard InChI is InChI=1S/C25H38N2O5/c1-6-18-21(22(18)28)23(29)19(12-15(2)3)26-24(30)20(13-16(4)5)27-25(31)32-14-17-10-8-7-9-11-17/h7-11,15-16,18-21,23,29H,6,12-14H2,1-5H3,(H,26,30)(H,27,31)/t18?,19-,20-,21?,23?/m0/s1. The van der Waals surface area contributed by atoms with Crippen molar-refractivity contribution in [3.05, 3.63) is 35.9 Å². The molecule has 5 atom stereocenters. The lowest BCUT2D eigenvalue weighted by Crippen LogP contribution is -2.53. The monoisotopic (exact) mass is 446 g/mol. The van der Waals surface area contributed by atoms with Crippen molar-refractivity contribution in [2.24, 2.45) is 23.7 Å². The maximum atomic E-state index is 13.1. The number of carbonyl (C=O) groups is 3. The van der Waals surface area contributed by atoms with Crippen molar-refractivity contribution in [2.45, 2.75) is 78.7 Å². The zero-order chi connectivity index (χ0) is 23.8. The first-order chi connectivity index (χ1) is 15.1. The Hall–Kier alpha value is -2.41. The van der Waals surface area contributed by atoms with E-state index in [1.165, 1.54) is 0 Å². The number of carbonyl (C=O) groups excluding carboxylic acids is 3. The summed E-state index contributed by atoms with van der Waals surface area (Å²) in [5.41, 5.74) is 0.854. The van der Waals surface area contributed by atoms with E-state index in [2.05, 4.69) is 10.6 Å². The first kappa shape index (κ1) is 25.8. The fraction of sp³-hybridized carbons (Fsp3) is 0.640. The van der Waals surface area contributed by atoms with Gasteiger partial charge >= 0.3 is 6.09 Å². The van der Waals surface area contributed by atoms with Gasteiger partial charge in [0.2, 0.25) is 5.91 Å². The van der Waals surface area contributed by atoms with Crippen molar-refractivity contribution < 1.29 is 24.2 Å². The summed E-state index contributed by atoms with van der Waals surface area (Å²) in [6.07, 6.45) is 0.0623. The number of nitrogens with one attached hydrogen (secondary N) is 2. The number of amides is 2. The average Bonchev–Trinajstić information content (AvgIpc) is 3.40. The van der Waals surface area contributed by atoms with Crippen molar-refractivity contribution in [3.8, 4) is 0 Å². The van der Waals surface area contributed by atoms with Gasteiger partial charge in [-0.3, -0.25) is 9.59 Å². The van der Waals surface area contributed by atoms with Gasteiger partial charge in [0.1, 0.15) is 18.4 Å². The van der Waals surface area contributed by atoms with Crippen LogP contribution in [0.4, 0.5) is 4.79 Å². The highest BCUT2D eigenvalue weighted by molar-refractivity contribution is 6.00. The first-order valence-electron chi connectivity index (χ1n) is 11.6. The molecule has 7 heteroatoms. The topological polar surface area (TPSA) is 105 Å². The lowest BCUT2D eigenvalue weighted by molar-refractivity contribution is -0.125. The van der Waals surface area contributed by atoms with Gasteiger partial charge in [0.05, 0.1) is 18.1 Å². The van der Waals surface area contributed by atoms with Crippen LogP contribution in [0, 0.1) is 23.7 Å². The van der Waals surface area contributed by atoms with Crippen LogP contribution >= 0.6 is 0 Å². The van der Waals surface area contributed by atoms with E-state index < -0.39 is 30.2 Å². The molecule has 1 aromatic carbocycles. The normalized spacial score (nSPS) is 20.6. The van der Waals surface area contributed by atoms with Crippen LogP contribution in [0.1, 0.15) is 59.4 Å². The predicted octanol–water partition coefficient (Wildman–Crippen LogP) is 3.44. The maximum Gasteiger partial charge on any atom is 0.408 e. The minimum Gasteiger partial charge on any atom is -0.445 e. The number of ether oxygens (including phenoxy) is 1. The zero-order valence-electron chi connectivity index (χ0n) is 19.8. The smallest absolute Gasteiger partial charge is 0.408 e. The summed E-state index contributed by atoms with van der Waals surface area (Å²) in [4.78, 5) is 37.5. The molecule has 178 valence electrons. The van der Waals surface area contributed by atoms with Crippen LogP contribution in [0.15, 0.2) is 30.3 Å². The summed E-state index contributed by atoms with van der Waals surface area (Å²) >= 11 is 0. The summed E-state index contributed by atoms with van der Waals surface area (Å²) in [5.74, 6) is -0.490. The molecule has 2 amide bonds. The van der Waals surface area contributed by atoms with Crippen LogP contribution in [0.3, 0.4) is 0 Å². The number of benzene rings is 1. The van der Waals surface area contributed by atoms with Crippen LogP contribution < -0.4 is 10.6 Å². The number of hydrogen-bond donors (Lipinski definition) is 3. The Labute approximate surface area is 191 Å². The molecular formula is C25H38N2O5. The van der Waals surface area contributed by atoms with Crippen LogP contribution in [0.25, 0.3) is 0 Å². The zero-order valence-corrected chi connectivity index (χ0v) is 19.8. The Morgan fingerprint density at radius 2 is 1.66 bits per heavy atom. The minimum absolute atomic E-state index is 0.0596. The third-order valence-electron chi connectivity index (χ3n) is 5.82. The highest BCUT2D eigenvalue weighted by atomic mass is 16.5. The molecule has 1 aromatic rings. The van der Waals surface area contributed by atoms with Gasteiger partial charge in [-0.2, -0.15) is 0 Å². The van der Waals surface area contributed by atoms with Crippen LogP contribution in [-0.2, 0) is 20.9 Å². The quantitative estimate of drug-likeness (QED) is 0.456. The molecule has 2 rings (SSSR count). The second-order valence-corrected chi connectivity index (χ2v) is 9.57. The summed E-state index contributed by atoms with van der Waals surface area (Å²) in [6, 6.07) is 7.96. The summed E-state index contributed by atoms with van der Waals surface area (Å²) in [7, 11) is 0. The largest absolute Gasteiger partial charge is 0.445 e. The Morgan fingerprint density at radius 3 is 2.19 bits per heavy atom. The van der Waals surface area contributed by atoms with E-state index >= 15 is 0 Å². The maximum absolute atomic E-state index is 13.1. The second kappa shape index (κ2) is 12.0. The van der Waals surface area contributed by atoms with Gasteiger partial charge < -0.3 is 20.5 Å². The summed E-state index contributed by atoms with van der Waals surface area (Å²) < 4.78 is 5.27. The third kappa shape index (κ3) is 7.62. The van der Waals surface area contributed by atoms with Gasteiger partial charge in [-0.15, -0.1) is 0 Å². The number of aliphatic hydroxyl groups excluding tert-OH is 1. The van der Waals surface area contributed by atoms with Gasteiger partial charge in [0.15, 0.2) is 0 Å². The molecular weight excluding hydrogens is 408 g/mol. The number of alkyl carbamates (subject to hydrolysis) is 1. The van der Waals surface area contributed by atoms with Gasteiger partial charge in [-0.05, 0) is 36.7 Å². The molecule has 0 saturated heterocycles. The van der Waals surface area contributed by atoms with E-state index in [1.54, 1.807) is 0 Å². The second-order valence-electron chi connectivity index (χ2n) is 9.57. The number of Topliss-reactive ketones (excluding diaryl/α,β-unsaturated/α-hetero) is 1. The van der Waals surface area contributed by atoms with Crippen molar-refractivity contribution in [1.29, 1.82) is 0 Å². The number of rotatable bonds is 12. The molecule has 7 nitrogen and oxygen atoms in total. The van der Waals surface area contributed by atoms with Crippen LogP contribution in [-0.4, -0.2) is 41.1 Å². The molecule has 3 N–H and O–H groups in total. The number of hydrogen-bond acceptors (Lipinski definition) is 5. The molecule has 1 fully saturated rings. The van der Waals surface area contributed by atoms with E-state index in [1.807, 2.05) is 65.0 Å². The molecule has 0 aliphatic heterocycles. The van der Waals surface area contributed by atoms with Gasteiger partial charge in [0, 0.05) is 5.92 Å². The van der Waals surface area contributed by atoms with Crippen molar-refractivity contribution in [1.82, 2.24) is 10.6 Å². The molecule has 1 aliphatic carbocycles. The lowest BCUT2D eigenvalue weighted by atomic mass is 9.94. The first-order valence-corrected chi connectivity index (χ1v) is 11.6. The van der Waals surface area contributed by atoms with Gasteiger partial charge in [0.25, 0.3) is 0 Å². The van der Waals surface area contributed by atoms with Gasteiger partial charge in [-0.1, -0.05) is 65.0 Å². The van der Waals surface area contributed by atoms with Crippen LogP contribution in [0.5, 0.6) is 0 Å². The van der Waals surface area contributed by atoms with E-state index in [0.29, 0.717) is 19.3 Å². The Bertz CT molecular complexity index is 765. The Morgan fingerprint density at radius 1 is 1.03 bits per heavy atom. The Balaban J connectivity index is 2.01. The highest BCUT2D eigenvalue weighted by Gasteiger charge is 2.54. The Kier molecular flexibility index (Phi) is 9.69. The van der Waals surface area contributed by atoms with E-state index in [4.69, 9.17) is 4.74 Å². The summed E-state index contributed by atoms with van der Waals surface area (Å²) in [6.45, 7) is 9.97. The molecule has 0 radical (unpaired) electrons. The number of ketones is 1. The molecule has 1 saturated carbocycles. The van der Waals surface area contributed by atoms with E-state index in [9.17, 15) is 19.5 Å². The van der Waals surface area contributed by atoms with Crippen molar-refractivity contribution >= 4 is 17.8 Å².